The lowest BCUT2D eigenvalue weighted by Gasteiger charge is -2.00. The fourth-order valence-corrected chi connectivity index (χ4v) is 1.92. The lowest BCUT2D eigenvalue weighted by molar-refractivity contribution is -0.391. The zero-order valence-corrected chi connectivity index (χ0v) is 12.3. The second-order valence-corrected chi connectivity index (χ2v) is 4.65. The van der Waals surface area contributed by atoms with E-state index in [-0.39, 0.29) is 12.0 Å². The first-order valence-corrected chi connectivity index (χ1v) is 6.67. The Hall–Kier alpha value is -2.68. The van der Waals surface area contributed by atoms with Crippen molar-refractivity contribution in [2.75, 3.05) is 20.3 Å². The van der Waals surface area contributed by atoms with E-state index in [0.717, 1.165) is 10.4 Å². The predicted octanol–water partition coefficient (Wildman–Crippen LogP) is 1.06. The molecule has 0 spiro atoms. The highest BCUT2D eigenvalue weighted by atomic mass is 16.6. The average molecular weight is 307 g/mol. The van der Waals surface area contributed by atoms with Crippen molar-refractivity contribution in [3.63, 3.8) is 0 Å². The van der Waals surface area contributed by atoms with Crippen molar-refractivity contribution in [2.24, 2.45) is 4.99 Å². The highest BCUT2D eigenvalue weighted by molar-refractivity contribution is 5.34. The lowest BCUT2D eigenvalue weighted by atomic mass is 10.2. The maximum absolute atomic E-state index is 11.1. The molecule has 0 saturated heterocycles. The predicted molar refractivity (Wildman–Crippen MR) is 77.1 cm³/mol. The molecule has 0 radical (unpaired) electrons. The molecule has 9 heteroatoms. The van der Waals surface area contributed by atoms with Gasteiger partial charge in [0.05, 0.1) is 5.10 Å². The van der Waals surface area contributed by atoms with Crippen molar-refractivity contribution in [3.8, 4) is 5.69 Å². The number of nitrogens with zero attached hydrogens (tertiary/aromatic N) is 5. The molecule has 9 nitrogen and oxygen atoms in total. The summed E-state index contributed by atoms with van der Waals surface area (Å²) in [4.78, 5) is 16.1. The molecule has 0 unspecified atom stereocenters. The SMILES string of the molecule is COCCCN=c1c([N+](=O)[O-])nn(-c2cccc(C)c2)n1O. The summed E-state index contributed by atoms with van der Waals surface area (Å²) in [5.74, 6) is -0.499. The first-order chi connectivity index (χ1) is 10.5. The van der Waals surface area contributed by atoms with Gasteiger partial charge in [0.25, 0.3) is 5.49 Å². The van der Waals surface area contributed by atoms with Gasteiger partial charge in [-0.15, -0.1) is 0 Å². The molecule has 1 aromatic carbocycles. The minimum Gasteiger partial charge on any atom is -0.409 e. The monoisotopic (exact) mass is 307 g/mol. The van der Waals surface area contributed by atoms with Gasteiger partial charge in [0.15, 0.2) is 0 Å². The zero-order valence-electron chi connectivity index (χ0n) is 12.3. The fraction of sp³-hybridized carbons (Fsp3) is 0.385. The van der Waals surface area contributed by atoms with Crippen molar-refractivity contribution in [3.05, 3.63) is 45.4 Å². The van der Waals surface area contributed by atoms with Crippen molar-refractivity contribution in [2.45, 2.75) is 13.3 Å². The van der Waals surface area contributed by atoms with Gasteiger partial charge in [-0.25, -0.2) is 0 Å². The summed E-state index contributed by atoms with van der Waals surface area (Å²) >= 11 is 0. The molecular weight excluding hydrogens is 290 g/mol. The van der Waals surface area contributed by atoms with E-state index >= 15 is 0 Å². The van der Waals surface area contributed by atoms with E-state index in [9.17, 15) is 15.3 Å². The van der Waals surface area contributed by atoms with Crippen LogP contribution in [-0.4, -0.2) is 45.1 Å². The van der Waals surface area contributed by atoms with Gasteiger partial charge in [0.1, 0.15) is 5.69 Å². The van der Waals surface area contributed by atoms with Crippen LogP contribution in [0.25, 0.3) is 5.69 Å². The number of aromatic nitrogens is 3. The van der Waals surface area contributed by atoms with Crippen LogP contribution in [0.4, 0.5) is 5.82 Å². The van der Waals surface area contributed by atoms with Crippen LogP contribution >= 0.6 is 0 Å². The van der Waals surface area contributed by atoms with Crippen LogP contribution in [0.3, 0.4) is 0 Å². The number of ether oxygens (including phenoxy) is 1. The van der Waals surface area contributed by atoms with Crippen LogP contribution in [0.2, 0.25) is 0 Å². The van der Waals surface area contributed by atoms with Gasteiger partial charge in [0.2, 0.25) is 0 Å². The maximum Gasteiger partial charge on any atom is 0.438 e. The van der Waals surface area contributed by atoms with Crippen LogP contribution in [0, 0.1) is 17.0 Å². The van der Waals surface area contributed by atoms with Crippen LogP contribution in [0.1, 0.15) is 12.0 Å². The molecule has 0 aliphatic heterocycles. The second-order valence-electron chi connectivity index (χ2n) is 4.65. The molecule has 118 valence electrons. The summed E-state index contributed by atoms with van der Waals surface area (Å²) in [5, 5.41) is 25.1. The molecule has 0 atom stereocenters. The number of hydrogen-bond donors (Lipinski definition) is 1. The molecule has 2 aromatic rings. The third-order valence-electron chi connectivity index (χ3n) is 2.93. The van der Waals surface area contributed by atoms with Gasteiger partial charge in [-0.3, -0.25) is 4.99 Å². The van der Waals surface area contributed by atoms with Crippen molar-refractivity contribution < 1.29 is 14.9 Å². The number of nitro groups is 1. The quantitative estimate of drug-likeness (QED) is 0.371. The summed E-state index contributed by atoms with van der Waals surface area (Å²) < 4.78 is 4.89. The molecule has 1 N–H and O–H groups in total. The van der Waals surface area contributed by atoms with Crippen molar-refractivity contribution >= 4 is 5.82 Å². The highest BCUT2D eigenvalue weighted by Crippen LogP contribution is 2.10. The molecule has 1 aromatic heterocycles. The molecular formula is C13H17N5O4. The third kappa shape index (κ3) is 3.31. The van der Waals surface area contributed by atoms with E-state index in [4.69, 9.17) is 4.74 Å². The highest BCUT2D eigenvalue weighted by Gasteiger charge is 2.23. The molecule has 1 heterocycles. The van der Waals surface area contributed by atoms with Gasteiger partial charge < -0.3 is 20.1 Å². The van der Waals surface area contributed by atoms with E-state index in [1.807, 2.05) is 13.0 Å². The van der Waals surface area contributed by atoms with Gasteiger partial charge in [-0.2, -0.15) is 0 Å². The standard InChI is InChI=1S/C13H17N5O4/c1-10-5-3-6-11(9-10)16-15-13(18(20)21)12(17(16)19)14-7-4-8-22-2/h3,5-6,9,19H,4,7-8H2,1-2H3. The molecule has 0 amide bonds. The number of hydrogen-bond acceptors (Lipinski definition) is 6. The zero-order chi connectivity index (χ0) is 16.1. The van der Waals surface area contributed by atoms with Crippen LogP contribution < -0.4 is 5.49 Å². The van der Waals surface area contributed by atoms with Gasteiger partial charge >= 0.3 is 5.82 Å². The third-order valence-corrected chi connectivity index (χ3v) is 2.93. The topological polar surface area (TPSA) is 108 Å². The maximum atomic E-state index is 11.1. The lowest BCUT2D eigenvalue weighted by Crippen LogP contribution is -2.22. The first-order valence-electron chi connectivity index (χ1n) is 6.67. The number of methoxy groups -OCH3 is 1. The Labute approximate surface area is 126 Å². The Kier molecular flexibility index (Phi) is 4.89. The minimum atomic E-state index is -0.672. The molecule has 0 fully saturated rings. The molecule has 0 saturated carbocycles. The van der Waals surface area contributed by atoms with Crippen LogP contribution in [-0.2, 0) is 4.74 Å². The Morgan fingerprint density at radius 1 is 1.50 bits per heavy atom. The van der Waals surface area contributed by atoms with Crippen molar-refractivity contribution in [1.29, 1.82) is 0 Å². The molecule has 0 bridgehead atoms. The Balaban J connectivity index is 2.47. The fourth-order valence-electron chi connectivity index (χ4n) is 1.92. The Bertz CT molecular complexity index is 734. The Morgan fingerprint density at radius 2 is 2.27 bits per heavy atom. The molecule has 0 aliphatic rings. The van der Waals surface area contributed by atoms with E-state index < -0.39 is 10.7 Å². The first kappa shape index (κ1) is 15.7. The summed E-state index contributed by atoms with van der Waals surface area (Å²) in [6, 6.07) is 7.08. The Morgan fingerprint density at radius 3 is 2.91 bits per heavy atom. The second kappa shape index (κ2) is 6.85. The average Bonchev–Trinajstić information content (AvgIpc) is 2.81. The minimum absolute atomic E-state index is 0.192. The van der Waals surface area contributed by atoms with Crippen LogP contribution in [0.15, 0.2) is 29.3 Å². The normalized spacial score (nSPS) is 11.8. The summed E-state index contributed by atoms with van der Waals surface area (Å²) in [5.41, 5.74) is 1.25. The van der Waals surface area contributed by atoms with E-state index in [2.05, 4.69) is 10.1 Å². The number of rotatable bonds is 6. The molecule has 0 aliphatic carbocycles. The van der Waals surface area contributed by atoms with Gasteiger partial charge in [-0.1, -0.05) is 17.0 Å². The smallest absolute Gasteiger partial charge is 0.409 e. The number of aryl methyl sites for hydroxylation is 1. The van der Waals surface area contributed by atoms with Gasteiger partial charge in [-0.05, 0) is 40.8 Å². The van der Waals surface area contributed by atoms with E-state index in [1.165, 1.54) is 0 Å². The summed E-state index contributed by atoms with van der Waals surface area (Å²) in [7, 11) is 1.56. The molecule has 22 heavy (non-hydrogen) atoms. The van der Waals surface area contributed by atoms with Crippen molar-refractivity contribution in [1.82, 2.24) is 14.7 Å². The molecule has 2 rings (SSSR count). The summed E-state index contributed by atoms with van der Waals surface area (Å²) in [6.45, 7) is 2.64. The van der Waals surface area contributed by atoms with Crippen LogP contribution in [0.5, 0.6) is 0 Å². The number of benzene rings is 1. The van der Waals surface area contributed by atoms with E-state index in [1.54, 1.807) is 25.3 Å². The van der Waals surface area contributed by atoms with Gasteiger partial charge in [0, 0.05) is 20.3 Å². The summed E-state index contributed by atoms with van der Waals surface area (Å²) in [6.07, 6.45) is 0.587. The largest absolute Gasteiger partial charge is 0.438 e. The van der Waals surface area contributed by atoms with E-state index in [0.29, 0.717) is 23.6 Å².